The zero-order valence-electron chi connectivity index (χ0n) is 9.20. The van der Waals surface area contributed by atoms with Crippen LogP contribution in [0.3, 0.4) is 0 Å². The van der Waals surface area contributed by atoms with Gasteiger partial charge in [0.15, 0.2) is 0 Å². The molecule has 0 fully saturated rings. The Morgan fingerprint density at radius 2 is 1.31 bits per heavy atom. The molecule has 1 aliphatic rings. The Hall–Kier alpha value is -0.280. The average molecular weight is 259 g/mol. The highest BCUT2D eigenvalue weighted by Crippen LogP contribution is 2.21. The lowest BCUT2D eigenvalue weighted by molar-refractivity contribution is -0.0422. The molecule has 0 saturated carbocycles. The van der Waals surface area contributed by atoms with Gasteiger partial charge in [-0.15, -0.1) is 23.2 Å². The van der Waals surface area contributed by atoms with Crippen molar-refractivity contribution < 1.29 is 0 Å². The fourth-order valence-electron chi connectivity index (χ4n) is 2.10. The number of alkyl halides is 2. The Labute approximate surface area is 107 Å². The second-order valence-electron chi connectivity index (χ2n) is 3.92. The summed E-state index contributed by atoms with van der Waals surface area (Å²) in [5.41, 5.74) is 2.80. The second-order valence-corrected chi connectivity index (χ2v) is 4.68. The van der Waals surface area contributed by atoms with Gasteiger partial charge in [0.05, 0.1) is 0 Å². The number of benzene rings is 1. The van der Waals surface area contributed by atoms with Gasteiger partial charge in [0.1, 0.15) is 0 Å². The van der Waals surface area contributed by atoms with Crippen LogP contribution in [0.25, 0.3) is 0 Å². The van der Waals surface area contributed by atoms with Crippen LogP contribution in [-0.4, -0.2) is 34.9 Å². The minimum absolute atomic E-state index is 0.654. The van der Waals surface area contributed by atoms with E-state index in [9.17, 15) is 0 Å². The number of halogens is 2. The Balaban J connectivity index is 2.15. The van der Waals surface area contributed by atoms with Gasteiger partial charge in [-0.25, -0.2) is 10.0 Å². The first-order valence-corrected chi connectivity index (χ1v) is 6.60. The number of hydrazine groups is 1. The van der Waals surface area contributed by atoms with Crippen LogP contribution in [0.4, 0.5) is 0 Å². The predicted octanol–water partition coefficient (Wildman–Crippen LogP) is 2.70. The van der Waals surface area contributed by atoms with Crippen molar-refractivity contribution in [2.45, 2.75) is 13.1 Å². The van der Waals surface area contributed by atoms with Gasteiger partial charge in [0, 0.05) is 37.9 Å². The molecule has 0 unspecified atom stereocenters. The Morgan fingerprint density at radius 3 is 1.69 bits per heavy atom. The summed E-state index contributed by atoms with van der Waals surface area (Å²) >= 11 is 11.7. The Bertz CT molecular complexity index is 311. The van der Waals surface area contributed by atoms with Gasteiger partial charge >= 0.3 is 0 Å². The molecule has 0 saturated heterocycles. The van der Waals surface area contributed by atoms with Gasteiger partial charge in [-0.2, -0.15) is 0 Å². The zero-order valence-corrected chi connectivity index (χ0v) is 10.7. The molecule has 0 spiro atoms. The van der Waals surface area contributed by atoms with E-state index < -0.39 is 0 Å². The van der Waals surface area contributed by atoms with E-state index >= 15 is 0 Å². The molecule has 0 aromatic heterocycles. The molecule has 1 aliphatic heterocycles. The van der Waals surface area contributed by atoms with Crippen molar-refractivity contribution in [1.82, 2.24) is 10.0 Å². The minimum Gasteiger partial charge on any atom is -0.236 e. The van der Waals surface area contributed by atoms with Gasteiger partial charge in [-0.1, -0.05) is 24.3 Å². The number of fused-ring (bicyclic) bond motifs is 1. The molecule has 0 aliphatic carbocycles. The van der Waals surface area contributed by atoms with Crippen LogP contribution in [0.1, 0.15) is 11.1 Å². The summed E-state index contributed by atoms with van der Waals surface area (Å²) in [5.74, 6) is 1.31. The third-order valence-electron chi connectivity index (χ3n) is 2.91. The minimum atomic E-state index is 0.654. The van der Waals surface area contributed by atoms with Crippen molar-refractivity contribution in [3.8, 4) is 0 Å². The van der Waals surface area contributed by atoms with E-state index in [2.05, 4.69) is 34.3 Å². The molecule has 0 N–H and O–H groups in total. The second kappa shape index (κ2) is 5.87. The lowest BCUT2D eigenvalue weighted by Crippen LogP contribution is -2.46. The maximum Gasteiger partial charge on any atom is 0.0388 e. The van der Waals surface area contributed by atoms with E-state index in [0.29, 0.717) is 11.8 Å². The van der Waals surface area contributed by atoms with Crippen LogP contribution in [0.5, 0.6) is 0 Å². The van der Waals surface area contributed by atoms with Crippen LogP contribution in [0.2, 0.25) is 0 Å². The van der Waals surface area contributed by atoms with Crippen molar-refractivity contribution in [1.29, 1.82) is 0 Å². The van der Waals surface area contributed by atoms with Crippen molar-refractivity contribution >= 4 is 23.2 Å². The van der Waals surface area contributed by atoms with Crippen molar-refractivity contribution in [3.63, 3.8) is 0 Å². The van der Waals surface area contributed by atoms with E-state index in [1.54, 1.807) is 0 Å². The molecule has 0 radical (unpaired) electrons. The first-order valence-electron chi connectivity index (χ1n) is 5.53. The molecule has 1 heterocycles. The molecular formula is C12H16Cl2N2. The van der Waals surface area contributed by atoms with Crippen LogP contribution >= 0.6 is 23.2 Å². The topological polar surface area (TPSA) is 6.48 Å². The van der Waals surface area contributed by atoms with Gasteiger partial charge < -0.3 is 0 Å². The summed E-state index contributed by atoms with van der Waals surface area (Å²) in [6.07, 6.45) is 0. The average Bonchev–Trinajstić information content (AvgIpc) is 2.30. The first kappa shape index (κ1) is 12.2. The van der Waals surface area contributed by atoms with Crippen LogP contribution in [0.15, 0.2) is 24.3 Å². The summed E-state index contributed by atoms with van der Waals surface area (Å²) in [6, 6.07) is 8.56. The highest BCUT2D eigenvalue weighted by atomic mass is 35.5. The predicted molar refractivity (Wildman–Crippen MR) is 68.7 cm³/mol. The van der Waals surface area contributed by atoms with Crippen LogP contribution in [0, 0.1) is 0 Å². The highest BCUT2D eigenvalue weighted by Gasteiger charge is 2.22. The first-order chi connectivity index (χ1) is 7.85. The van der Waals surface area contributed by atoms with Gasteiger partial charge in [-0.3, -0.25) is 0 Å². The summed E-state index contributed by atoms with van der Waals surface area (Å²) in [4.78, 5) is 0. The molecule has 0 amide bonds. The highest BCUT2D eigenvalue weighted by molar-refractivity contribution is 6.18. The quantitative estimate of drug-likeness (QED) is 0.767. The lowest BCUT2D eigenvalue weighted by Gasteiger charge is -2.39. The molecule has 4 heteroatoms. The standard InChI is InChI=1S/C12H16Cl2N2/c13-5-7-15-9-11-3-1-2-4-12(11)10-16(15)8-6-14/h1-4H,5-10H2. The molecular weight excluding hydrogens is 243 g/mol. The van der Waals surface area contributed by atoms with Crippen LogP contribution in [-0.2, 0) is 13.1 Å². The van der Waals surface area contributed by atoms with Gasteiger partial charge in [0.25, 0.3) is 0 Å². The van der Waals surface area contributed by atoms with E-state index in [1.807, 2.05) is 0 Å². The fraction of sp³-hybridized carbons (Fsp3) is 0.500. The molecule has 1 aromatic rings. The van der Waals surface area contributed by atoms with Gasteiger partial charge in [0.2, 0.25) is 0 Å². The van der Waals surface area contributed by atoms with E-state index in [1.165, 1.54) is 11.1 Å². The van der Waals surface area contributed by atoms with Gasteiger partial charge in [-0.05, 0) is 11.1 Å². The summed E-state index contributed by atoms with van der Waals surface area (Å²) < 4.78 is 0. The third kappa shape index (κ3) is 2.69. The van der Waals surface area contributed by atoms with Crippen LogP contribution < -0.4 is 0 Å². The zero-order chi connectivity index (χ0) is 11.4. The molecule has 16 heavy (non-hydrogen) atoms. The third-order valence-corrected chi connectivity index (χ3v) is 3.25. The van der Waals surface area contributed by atoms with Crippen molar-refractivity contribution in [2.75, 3.05) is 24.8 Å². The van der Waals surface area contributed by atoms with Crippen molar-refractivity contribution in [2.24, 2.45) is 0 Å². The summed E-state index contributed by atoms with van der Waals surface area (Å²) in [6.45, 7) is 3.65. The van der Waals surface area contributed by atoms with E-state index in [-0.39, 0.29) is 0 Å². The largest absolute Gasteiger partial charge is 0.236 e. The number of rotatable bonds is 4. The Morgan fingerprint density at radius 1 is 0.875 bits per heavy atom. The maximum absolute atomic E-state index is 5.83. The maximum atomic E-state index is 5.83. The number of hydrogen-bond donors (Lipinski definition) is 0. The number of nitrogens with zero attached hydrogens (tertiary/aromatic N) is 2. The molecule has 2 rings (SSSR count). The summed E-state index contributed by atoms with van der Waals surface area (Å²) in [7, 11) is 0. The monoisotopic (exact) mass is 258 g/mol. The molecule has 2 nitrogen and oxygen atoms in total. The Kier molecular flexibility index (Phi) is 4.47. The fourth-order valence-corrected chi connectivity index (χ4v) is 2.49. The van der Waals surface area contributed by atoms with E-state index in [0.717, 1.165) is 26.2 Å². The van der Waals surface area contributed by atoms with Crippen molar-refractivity contribution in [3.05, 3.63) is 35.4 Å². The summed E-state index contributed by atoms with van der Waals surface area (Å²) in [5, 5.41) is 4.58. The number of hydrogen-bond acceptors (Lipinski definition) is 2. The molecule has 88 valence electrons. The molecule has 0 bridgehead atoms. The molecule has 0 atom stereocenters. The smallest absolute Gasteiger partial charge is 0.0388 e. The SMILES string of the molecule is ClCCN1Cc2ccccc2CN1CCCl. The lowest BCUT2D eigenvalue weighted by atomic mass is 10.1. The normalized spacial score (nSPS) is 17.4. The van der Waals surface area contributed by atoms with E-state index in [4.69, 9.17) is 23.2 Å². The molecule has 1 aromatic carbocycles.